The van der Waals surface area contributed by atoms with Gasteiger partial charge in [0.25, 0.3) is 0 Å². The molecular weight excluding hydrogens is 244 g/mol. The summed E-state index contributed by atoms with van der Waals surface area (Å²) in [6.45, 7) is 7.90. The molecule has 1 atom stereocenters. The molecule has 100 valence electrons. The molecule has 1 aromatic carbocycles. The summed E-state index contributed by atoms with van der Waals surface area (Å²) in [5, 5.41) is 4.41. The summed E-state index contributed by atoms with van der Waals surface area (Å²) in [6, 6.07) is 8.17. The molecule has 1 N–H and O–H groups in total. The van der Waals surface area contributed by atoms with Crippen molar-refractivity contribution in [2.24, 2.45) is 5.92 Å². The van der Waals surface area contributed by atoms with Crippen molar-refractivity contribution in [3.05, 3.63) is 34.9 Å². The van der Waals surface area contributed by atoms with E-state index in [-0.39, 0.29) is 0 Å². The molecule has 18 heavy (non-hydrogen) atoms. The third kappa shape index (κ3) is 3.98. The Balaban J connectivity index is 1.77. The lowest BCUT2D eigenvalue weighted by atomic mass is 10.1. The van der Waals surface area contributed by atoms with Gasteiger partial charge in [0.2, 0.25) is 0 Å². The lowest BCUT2D eigenvalue weighted by Crippen LogP contribution is -2.26. The average Bonchev–Trinajstić information content (AvgIpc) is 2.80. The van der Waals surface area contributed by atoms with Crippen LogP contribution in [0.15, 0.2) is 24.3 Å². The van der Waals surface area contributed by atoms with Crippen molar-refractivity contribution in [2.75, 3.05) is 26.2 Å². The number of rotatable bonds is 6. The van der Waals surface area contributed by atoms with Crippen LogP contribution >= 0.6 is 11.6 Å². The topological polar surface area (TPSA) is 15.3 Å². The zero-order valence-electron chi connectivity index (χ0n) is 11.2. The van der Waals surface area contributed by atoms with Crippen LogP contribution in [0.5, 0.6) is 0 Å². The summed E-state index contributed by atoms with van der Waals surface area (Å²) in [5.74, 6) is 0.805. The summed E-state index contributed by atoms with van der Waals surface area (Å²) in [6.07, 6.45) is 2.53. The minimum absolute atomic E-state index is 0.805. The maximum Gasteiger partial charge on any atom is 0.0451 e. The van der Waals surface area contributed by atoms with E-state index in [1.807, 2.05) is 12.1 Å². The second kappa shape index (κ2) is 7.13. The van der Waals surface area contributed by atoms with Crippen LogP contribution in [0.25, 0.3) is 0 Å². The molecule has 2 rings (SSSR count). The van der Waals surface area contributed by atoms with E-state index in [2.05, 4.69) is 29.3 Å². The second-order valence-corrected chi connectivity index (χ2v) is 5.59. The fourth-order valence-corrected chi connectivity index (χ4v) is 2.77. The Morgan fingerprint density at radius 2 is 2.22 bits per heavy atom. The maximum absolute atomic E-state index is 6.20. The van der Waals surface area contributed by atoms with Crippen molar-refractivity contribution >= 4 is 11.6 Å². The number of nitrogens with zero attached hydrogens (tertiary/aromatic N) is 1. The van der Waals surface area contributed by atoms with Gasteiger partial charge in [-0.25, -0.2) is 0 Å². The van der Waals surface area contributed by atoms with Crippen LogP contribution < -0.4 is 5.32 Å². The Labute approximate surface area is 115 Å². The zero-order chi connectivity index (χ0) is 12.8. The van der Waals surface area contributed by atoms with Crippen LogP contribution in [0, 0.1) is 5.92 Å². The van der Waals surface area contributed by atoms with Crippen LogP contribution in [-0.4, -0.2) is 31.1 Å². The summed E-state index contributed by atoms with van der Waals surface area (Å²) < 4.78 is 0. The van der Waals surface area contributed by atoms with Gasteiger partial charge < -0.3 is 5.32 Å². The number of nitrogens with one attached hydrogen (secondary N) is 1. The van der Waals surface area contributed by atoms with E-state index in [1.165, 1.54) is 31.5 Å². The van der Waals surface area contributed by atoms with Gasteiger partial charge in [0, 0.05) is 18.1 Å². The van der Waals surface area contributed by atoms with Gasteiger partial charge in [0.15, 0.2) is 0 Å². The summed E-state index contributed by atoms with van der Waals surface area (Å²) in [4.78, 5) is 2.51. The van der Waals surface area contributed by atoms with E-state index < -0.39 is 0 Å². The quantitative estimate of drug-likeness (QED) is 0.796. The lowest BCUT2D eigenvalue weighted by Gasteiger charge is -2.17. The molecule has 1 aliphatic rings. The monoisotopic (exact) mass is 266 g/mol. The van der Waals surface area contributed by atoms with Crippen LogP contribution in [0.3, 0.4) is 0 Å². The van der Waals surface area contributed by atoms with E-state index in [1.54, 1.807) is 0 Å². The molecule has 1 saturated heterocycles. The van der Waals surface area contributed by atoms with E-state index in [9.17, 15) is 0 Å². The molecule has 0 saturated carbocycles. The minimum atomic E-state index is 0.805. The largest absolute Gasteiger partial charge is 0.316 e. The molecule has 0 aromatic heterocycles. The Morgan fingerprint density at radius 3 is 3.00 bits per heavy atom. The Bertz CT molecular complexity index is 367. The Morgan fingerprint density at radius 1 is 1.39 bits per heavy atom. The molecule has 3 heteroatoms. The number of likely N-dealkylation sites (tertiary alicyclic amines) is 1. The molecule has 0 bridgehead atoms. The fraction of sp³-hybridized carbons (Fsp3) is 0.600. The van der Waals surface area contributed by atoms with Crippen LogP contribution in [0.4, 0.5) is 0 Å². The fourth-order valence-electron chi connectivity index (χ4n) is 2.57. The molecule has 1 unspecified atom stereocenters. The van der Waals surface area contributed by atoms with E-state index in [0.29, 0.717) is 0 Å². The van der Waals surface area contributed by atoms with Crippen LogP contribution in [0.1, 0.15) is 25.3 Å². The highest BCUT2D eigenvalue weighted by molar-refractivity contribution is 6.31. The highest BCUT2D eigenvalue weighted by atomic mass is 35.5. The van der Waals surface area contributed by atoms with Crippen molar-refractivity contribution in [1.82, 2.24) is 10.2 Å². The van der Waals surface area contributed by atoms with Gasteiger partial charge in [-0.2, -0.15) is 0 Å². The molecule has 0 radical (unpaired) electrons. The van der Waals surface area contributed by atoms with Gasteiger partial charge in [-0.1, -0.05) is 36.7 Å². The molecule has 1 fully saturated rings. The zero-order valence-corrected chi connectivity index (χ0v) is 11.9. The first-order chi connectivity index (χ1) is 8.79. The SMILES string of the molecule is CCCNCC1CCN(Cc2ccccc2Cl)C1. The number of hydrogen-bond acceptors (Lipinski definition) is 2. The third-order valence-electron chi connectivity index (χ3n) is 3.58. The van der Waals surface area contributed by atoms with Crippen molar-refractivity contribution in [3.63, 3.8) is 0 Å². The third-order valence-corrected chi connectivity index (χ3v) is 3.95. The summed E-state index contributed by atoms with van der Waals surface area (Å²) >= 11 is 6.20. The minimum Gasteiger partial charge on any atom is -0.316 e. The van der Waals surface area contributed by atoms with Gasteiger partial charge in [-0.3, -0.25) is 4.90 Å². The van der Waals surface area contributed by atoms with Crippen LogP contribution in [-0.2, 0) is 6.54 Å². The van der Waals surface area contributed by atoms with Crippen LogP contribution in [0.2, 0.25) is 5.02 Å². The molecule has 1 aromatic rings. The lowest BCUT2D eigenvalue weighted by molar-refractivity contribution is 0.314. The number of benzene rings is 1. The highest BCUT2D eigenvalue weighted by Gasteiger charge is 2.22. The van der Waals surface area contributed by atoms with E-state index in [0.717, 1.165) is 30.6 Å². The van der Waals surface area contributed by atoms with Crippen molar-refractivity contribution in [2.45, 2.75) is 26.3 Å². The van der Waals surface area contributed by atoms with Gasteiger partial charge >= 0.3 is 0 Å². The molecule has 0 amide bonds. The van der Waals surface area contributed by atoms with Gasteiger partial charge in [-0.05, 0) is 50.0 Å². The molecule has 1 heterocycles. The summed E-state index contributed by atoms with van der Waals surface area (Å²) in [7, 11) is 0. The van der Waals surface area contributed by atoms with E-state index in [4.69, 9.17) is 11.6 Å². The molecule has 1 aliphatic heterocycles. The molecule has 0 spiro atoms. The predicted molar refractivity (Wildman–Crippen MR) is 78.0 cm³/mol. The summed E-state index contributed by atoms with van der Waals surface area (Å²) in [5.41, 5.74) is 1.25. The average molecular weight is 267 g/mol. The van der Waals surface area contributed by atoms with Crippen molar-refractivity contribution in [1.29, 1.82) is 0 Å². The standard InChI is InChI=1S/C15H23ClN2/c1-2-8-17-10-13-7-9-18(11-13)12-14-5-3-4-6-15(14)16/h3-6,13,17H,2,7-12H2,1H3. The first-order valence-corrected chi connectivity index (χ1v) is 7.34. The molecule has 2 nitrogen and oxygen atoms in total. The molecule has 0 aliphatic carbocycles. The van der Waals surface area contributed by atoms with Gasteiger partial charge in [0.1, 0.15) is 0 Å². The predicted octanol–water partition coefficient (Wildman–Crippen LogP) is 3.16. The maximum atomic E-state index is 6.20. The Hall–Kier alpha value is -0.570. The van der Waals surface area contributed by atoms with Crippen molar-refractivity contribution in [3.8, 4) is 0 Å². The smallest absolute Gasteiger partial charge is 0.0451 e. The first-order valence-electron chi connectivity index (χ1n) is 6.96. The first kappa shape index (κ1) is 13.9. The highest BCUT2D eigenvalue weighted by Crippen LogP contribution is 2.22. The molecular formula is C15H23ClN2. The Kier molecular flexibility index (Phi) is 5.48. The van der Waals surface area contributed by atoms with E-state index >= 15 is 0 Å². The number of hydrogen-bond donors (Lipinski definition) is 1. The van der Waals surface area contributed by atoms with Gasteiger partial charge in [-0.15, -0.1) is 0 Å². The van der Waals surface area contributed by atoms with Crippen molar-refractivity contribution < 1.29 is 0 Å². The number of halogens is 1. The second-order valence-electron chi connectivity index (χ2n) is 5.19. The normalized spacial score (nSPS) is 20.4. The van der Waals surface area contributed by atoms with Gasteiger partial charge in [0.05, 0.1) is 0 Å².